The molecule has 0 atom stereocenters. The molecule has 1 heterocycles. The summed E-state index contributed by atoms with van der Waals surface area (Å²) in [6, 6.07) is 9.89. The van der Waals surface area contributed by atoms with E-state index in [2.05, 4.69) is 11.9 Å². The van der Waals surface area contributed by atoms with Crippen LogP contribution in [0.4, 0.5) is 5.82 Å². The SMILES string of the molecule is CCCCCN.Nc1nccc2ccccc12. The molecule has 0 amide bonds. The third-order valence-corrected chi connectivity index (χ3v) is 2.51. The Morgan fingerprint density at radius 1 is 1.12 bits per heavy atom. The molecule has 0 aliphatic heterocycles. The number of anilines is 1. The number of hydrogen-bond acceptors (Lipinski definition) is 3. The first-order chi connectivity index (χ1) is 8.29. The molecule has 1 aromatic heterocycles. The third-order valence-electron chi connectivity index (χ3n) is 2.51. The van der Waals surface area contributed by atoms with Gasteiger partial charge in [-0.15, -0.1) is 0 Å². The average Bonchev–Trinajstić information content (AvgIpc) is 2.38. The number of hydrogen-bond donors (Lipinski definition) is 2. The van der Waals surface area contributed by atoms with Crippen molar-refractivity contribution in [3.63, 3.8) is 0 Å². The molecule has 3 nitrogen and oxygen atoms in total. The Bertz CT molecular complexity index is 431. The van der Waals surface area contributed by atoms with Gasteiger partial charge in [-0.05, 0) is 24.4 Å². The van der Waals surface area contributed by atoms with Crippen molar-refractivity contribution in [3.05, 3.63) is 36.5 Å². The highest BCUT2D eigenvalue weighted by Gasteiger charge is 1.94. The van der Waals surface area contributed by atoms with Crippen LogP contribution in [0.2, 0.25) is 0 Å². The zero-order valence-corrected chi connectivity index (χ0v) is 10.4. The summed E-state index contributed by atoms with van der Waals surface area (Å²) in [5.74, 6) is 0.600. The summed E-state index contributed by atoms with van der Waals surface area (Å²) in [5, 5.41) is 2.16. The van der Waals surface area contributed by atoms with Gasteiger partial charge in [0.05, 0.1) is 0 Å². The van der Waals surface area contributed by atoms with Crippen molar-refractivity contribution in [2.24, 2.45) is 5.73 Å². The van der Waals surface area contributed by atoms with Crippen LogP contribution in [0.5, 0.6) is 0 Å². The zero-order chi connectivity index (χ0) is 12.5. The second-order valence-electron chi connectivity index (χ2n) is 3.91. The fourth-order valence-corrected chi connectivity index (χ4v) is 1.54. The van der Waals surface area contributed by atoms with E-state index in [1.165, 1.54) is 19.3 Å². The van der Waals surface area contributed by atoms with E-state index in [1.54, 1.807) is 6.20 Å². The highest BCUT2D eigenvalue weighted by Crippen LogP contribution is 2.16. The highest BCUT2D eigenvalue weighted by molar-refractivity contribution is 5.90. The maximum atomic E-state index is 5.65. The standard InChI is InChI=1S/C9H8N2.C5H13N/c10-9-8-4-2-1-3-7(8)5-6-11-9;1-2-3-4-5-6/h1-6H,(H2,10,11);2-6H2,1H3. The van der Waals surface area contributed by atoms with Crippen molar-refractivity contribution in [1.82, 2.24) is 4.98 Å². The first kappa shape index (κ1) is 13.5. The lowest BCUT2D eigenvalue weighted by Crippen LogP contribution is -1.96. The van der Waals surface area contributed by atoms with E-state index in [4.69, 9.17) is 11.5 Å². The topological polar surface area (TPSA) is 64.9 Å². The maximum absolute atomic E-state index is 5.65. The lowest BCUT2D eigenvalue weighted by atomic mass is 10.2. The van der Waals surface area contributed by atoms with Crippen LogP contribution in [0.1, 0.15) is 26.2 Å². The van der Waals surface area contributed by atoms with Crippen molar-refractivity contribution in [1.29, 1.82) is 0 Å². The van der Waals surface area contributed by atoms with Crippen LogP contribution < -0.4 is 11.5 Å². The van der Waals surface area contributed by atoms with Gasteiger partial charge >= 0.3 is 0 Å². The van der Waals surface area contributed by atoms with Gasteiger partial charge < -0.3 is 11.5 Å². The van der Waals surface area contributed by atoms with Crippen LogP contribution in [0.3, 0.4) is 0 Å². The van der Waals surface area contributed by atoms with Crippen LogP contribution in [0, 0.1) is 0 Å². The minimum atomic E-state index is 0.600. The Labute approximate surface area is 103 Å². The summed E-state index contributed by atoms with van der Waals surface area (Å²) < 4.78 is 0. The highest BCUT2D eigenvalue weighted by atomic mass is 14.8. The Morgan fingerprint density at radius 2 is 1.88 bits per heavy atom. The quantitative estimate of drug-likeness (QED) is 0.798. The Morgan fingerprint density at radius 3 is 2.47 bits per heavy atom. The number of nitrogens with two attached hydrogens (primary N) is 2. The number of nitrogen functional groups attached to an aromatic ring is 1. The molecule has 0 aliphatic carbocycles. The number of pyridine rings is 1. The van der Waals surface area contributed by atoms with E-state index in [1.807, 2.05) is 30.3 Å². The van der Waals surface area contributed by atoms with Gasteiger partial charge in [-0.1, -0.05) is 44.0 Å². The van der Waals surface area contributed by atoms with E-state index in [0.29, 0.717) is 5.82 Å². The molecule has 4 N–H and O–H groups in total. The van der Waals surface area contributed by atoms with Gasteiger partial charge in [-0.3, -0.25) is 0 Å². The molecule has 0 aliphatic rings. The van der Waals surface area contributed by atoms with Gasteiger partial charge in [0.25, 0.3) is 0 Å². The number of fused-ring (bicyclic) bond motifs is 1. The lowest BCUT2D eigenvalue weighted by molar-refractivity contribution is 0.727. The first-order valence-electron chi connectivity index (χ1n) is 6.09. The van der Waals surface area contributed by atoms with Gasteiger partial charge in [0.1, 0.15) is 5.82 Å². The fourth-order valence-electron chi connectivity index (χ4n) is 1.54. The lowest BCUT2D eigenvalue weighted by Gasteiger charge is -1.97. The molecule has 0 bridgehead atoms. The maximum Gasteiger partial charge on any atom is 0.131 e. The predicted octanol–water partition coefficient (Wildman–Crippen LogP) is 2.95. The summed E-state index contributed by atoms with van der Waals surface area (Å²) in [5.41, 5.74) is 10.9. The van der Waals surface area contributed by atoms with Gasteiger partial charge in [-0.2, -0.15) is 0 Å². The minimum Gasteiger partial charge on any atom is -0.383 e. The van der Waals surface area contributed by atoms with Crippen molar-refractivity contribution in [2.75, 3.05) is 12.3 Å². The molecule has 3 heteroatoms. The minimum absolute atomic E-state index is 0.600. The summed E-state index contributed by atoms with van der Waals surface area (Å²) in [4.78, 5) is 3.99. The molecule has 0 radical (unpaired) electrons. The zero-order valence-electron chi connectivity index (χ0n) is 10.4. The second-order valence-corrected chi connectivity index (χ2v) is 3.91. The van der Waals surface area contributed by atoms with Gasteiger partial charge in [-0.25, -0.2) is 4.98 Å². The molecule has 0 spiro atoms. The predicted molar refractivity (Wildman–Crippen MR) is 74.7 cm³/mol. The summed E-state index contributed by atoms with van der Waals surface area (Å²) in [6.07, 6.45) is 5.47. The van der Waals surface area contributed by atoms with Crippen molar-refractivity contribution >= 4 is 16.6 Å². The van der Waals surface area contributed by atoms with Gasteiger partial charge in [0.15, 0.2) is 0 Å². The van der Waals surface area contributed by atoms with E-state index >= 15 is 0 Å². The number of rotatable bonds is 3. The molecular weight excluding hydrogens is 210 g/mol. The van der Waals surface area contributed by atoms with Crippen molar-refractivity contribution in [3.8, 4) is 0 Å². The molecule has 0 saturated heterocycles. The molecule has 1 aromatic carbocycles. The van der Waals surface area contributed by atoms with Crippen LogP contribution in [-0.2, 0) is 0 Å². The molecule has 92 valence electrons. The van der Waals surface area contributed by atoms with Crippen molar-refractivity contribution < 1.29 is 0 Å². The van der Waals surface area contributed by atoms with Crippen LogP contribution in [0.25, 0.3) is 10.8 Å². The van der Waals surface area contributed by atoms with Crippen molar-refractivity contribution in [2.45, 2.75) is 26.2 Å². The third kappa shape index (κ3) is 4.41. The molecule has 17 heavy (non-hydrogen) atoms. The van der Waals surface area contributed by atoms with Crippen LogP contribution >= 0.6 is 0 Å². The van der Waals surface area contributed by atoms with Crippen LogP contribution in [0.15, 0.2) is 36.5 Å². The fraction of sp³-hybridized carbons (Fsp3) is 0.357. The number of nitrogens with zero attached hydrogens (tertiary/aromatic N) is 1. The number of unbranched alkanes of at least 4 members (excludes halogenated alkanes) is 2. The Hall–Kier alpha value is -1.61. The molecule has 2 aromatic rings. The molecule has 0 unspecified atom stereocenters. The monoisotopic (exact) mass is 231 g/mol. The van der Waals surface area contributed by atoms with Gasteiger partial charge in [0, 0.05) is 11.6 Å². The Kier molecular flexibility index (Phi) is 6.04. The summed E-state index contributed by atoms with van der Waals surface area (Å²) in [7, 11) is 0. The molecule has 0 saturated carbocycles. The normalized spacial score (nSPS) is 9.76. The van der Waals surface area contributed by atoms with E-state index < -0.39 is 0 Å². The molecule has 0 fully saturated rings. The smallest absolute Gasteiger partial charge is 0.131 e. The van der Waals surface area contributed by atoms with E-state index in [9.17, 15) is 0 Å². The first-order valence-corrected chi connectivity index (χ1v) is 6.09. The molecule has 2 rings (SSSR count). The van der Waals surface area contributed by atoms with E-state index in [-0.39, 0.29) is 0 Å². The average molecular weight is 231 g/mol. The van der Waals surface area contributed by atoms with Gasteiger partial charge in [0.2, 0.25) is 0 Å². The molecular formula is C14H21N3. The summed E-state index contributed by atoms with van der Waals surface area (Å²) in [6.45, 7) is 3.03. The summed E-state index contributed by atoms with van der Waals surface area (Å²) >= 11 is 0. The second kappa shape index (κ2) is 7.63. The van der Waals surface area contributed by atoms with Crippen LogP contribution in [-0.4, -0.2) is 11.5 Å². The largest absolute Gasteiger partial charge is 0.383 e. The number of aromatic nitrogens is 1. The van der Waals surface area contributed by atoms with E-state index in [0.717, 1.165) is 17.3 Å². The number of benzene rings is 1. The Balaban J connectivity index is 0.000000209.